The smallest absolute Gasteiger partial charge is 0.272 e. The molecule has 1 aromatic carbocycles. The molecule has 1 aromatic heterocycles. The standard InChI is InChI=1S/C26H31ClN6O2/c1-25(2)23(26(3,4)24(25)35-17-6-7-19(28-5)18(27)10-17)30-22(34)20-8-9-21(32-31-20)33-13-15-11-29-12-16(15)14-33/h6-10,15-16,23-24,29H,11-14H2,1-4H3,(H,30,34). The second kappa shape index (κ2) is 8.65. The molecular weight excluding hydrogens is 464 g/mol. The van der Waals surface area contributed by atoms with E-state index in [0.717, 1.165) is 32.0 Å². The third-order valence-corrected chi connectivity index (χ3v) is 8.31. The molecular formula is C26H31ClN6O2. The van der Waals surface area contributed by atoms with Crippen molar-refractivity contribution in [1.82, 2.24) is 20.8 Å². The maximum absolute atomic E-state index is 13.1. The molecule has 2 saturated heterocycles. The van der Waals surface area contributed by atoms with Gasteiger partial charge in [0.2, 0.25) is 5.69 Å². The molecule has 3 heterocycles. The highest BCUT2D eigenvalue weighted by atomic mass is 35.5. The zero-order valence-corrected chi connectivity index (χ0v) is 21.3. The SMILES string of the molecule is [C-]#[N+]c1ccc(OC2C(C)(C)C(NC(=O)c3ccc(N4CC5CNCC5C4)nn3)C2(C)C)cc1Cl. The lowest BCUT2D eigenvalue weighted by atomic mass is 9.49. The van der Waals surface area contributed by atoms with E-state index in [9.17, 15) is 4.79 Å². The monoisotopic (exact) mass is 494 g/mol. The first-order valence-corrected chi connectivity index (χ1v) is 12.4. The van der Waals surface area contributed by atoms with E-state index in [4.69, 9.17) is 22.9 Å². The van der Waals surface area contributed by atoms with Gasteiger partial charge in [-0.15, -0.1) is 10.2 Å². The molecule has 184 valence electrons. The molecule has 2 atom stereocenters. The van der Waals surface area contributed by atoms with Crippen molar-refractivity contribution in [1.29, 1.82) is 0 Å². The van der Waals surface area contributed by atoms with Crippen LogP contribution in [0.3, 0.4) is 0 Å². The average molecular weight is 495 g/mol. The van der Waals surface area contributed by atoms with Gasteiger partial charge in [-0.1, -0.05) is 45.4 Å². The number of carbonyl (C=O) groups excluding carboxylic acids is 1. The number of carbonyl (C=O) groups is 1. The van der Waals surface area contributed by atoms with Gasteiger partial charge in [0.25, 0.3) is 5.91 Å². The van der Waals surface area contributed by atoms with Crippen molar-refractivity contribution < 1.29 is 9.53 Å². The van der Waals surface area contributed by atoms with E-state index in [1.54, 1.807) is 24.3 Å². The topological polar surface area (TPSA) is 83.7 Å². The number of hydrogen-bond acceptors (Lipinski definition) is 6. The number of anilines is 1. The molecule has 9 heteroatoms. The Bertz CT molecular complexity index is 1150. The third-order valence-electron chi connectivity index (χ3n) is 8.01. The summed E-state index contributed by atoms with van der Waals surface area (Å²) in [5, 5.41) is 15.6. The first-order chi connectivity index (χ1) is 16.6. The van der Waals surface area contributed by atoms with Crippen molar-refractivity contribution in [3.8, 4) is 5.75 Å². The highest BCUT2D eigenvalue weighted by Crippen LogP contribution is 2.55. The molecule has 1 saturated carbocycles. The highest BCUT2D eigenvalue weighted by Gasteiger charge is 2.64. The van der Waals surface area contributed by atoms with Crippen LogP contribution in [0.2, 0.25) is 5.02 Å². The summed E-state index contributed by atoms with van der Waals surface area (Å²) < 4.78 is 6.31. The number of nitrogens with one attached hydrogen (secondary N) is 2. The first kappa shape index (κ1) is 23.8. The van der Waals surface area contributed by atoms with Crippen LogP contribution >= 0.6 is 11.6 Å². The van der Waals surface area contributed by atoms with Crippen molar-refractivity contribution in [2.24, 2.45) is 22.7 Å². The van der Waals surface area contributed by atoms with E-state index in [0.29, 0.717) is 34.0 Å². The van der Waals surface area contributed by atoms with E-state index in [-0.39, 0.29) is 28.9 Å². The average Bonchev–Trinajstić information content (AvgIpc) is 3.43. The number of fused-ring (bicyclic) bond motifs is 1. The zero-order valence-electron chi connectivity index (χ0n) is 20.5. The molecule has 2 aromatic rings. The summed E-state index contributed by atoms with van der Waals surface area (Å²) in [5.41, 5.74) is 0.0397. The van der Waals surface area contributed by atoms with Crippen LogP contribution < -0.4 is 20.3 Å². The summed E-state index contributed by atoms with van der Waals surface area (Å²) in [7, 11) is 0. The van der Waals surface area contributed by atoms with Gasteiger partial charge in [-0.05, 0) is 36.1 Å². The van der Waals surface area contributed by atoms with Gasteiger partial charge in [0, 0.05) is 43.1 Å². The van der Waals surface area contributed by atoms with Gasteiger partial charge in [0.05, 0.1) is 11.6 Å². The summed E-state index contributed by atoms with van der Waals surface area (Å²) in [5.74, 6) is 2.54. The summed E-state index contributed by atoms with van der Waals surface area (Å²) in [6, 6.07) is 8.63. The lowest BCUT2D eigenvalue weighted by Gasteiger charge is -2.63. The predicted molar refractivity (Wildman–Crippen MR) is 135 cm³/mol. The van der Waals surface area contributed by atoms with Crippen molar-refractivity contribution in [3.63, 3.8) is 0 Å². The Hall–Kier alpha value is -2.89. The lowest BCUT2D eigenvalue weighted by Crippen LogP contribution is -2.74. The second-order valence-corrected chi connectivity index (χ2v) is 11.5. The Balaban J connectivity index is 1.24. The van der Waals surface area contributed by atoms with Crippen molar-refractivity contribution in [2.75, 3.05) is 31.1 Å². The Morgan fingerprint density at radius 3 is 2.40 bits per heavy atom. The fourth-order valence-corrected chi connectivity index (χ4v) is 6.66. The number of ether oxygens (including phenoxy) is 1. The van der Waals surface area contributed by atoms with Crippen LogP contribution in [0.4, 0.5) is 11.5 Å². The van der Waals surface area contributed by atoms with Crippen LogP contribution in [-0.2, 0) is 0 Å². The molecule has 2 aliphatic heterocycles. The predicted octanol–water partition coefficient (Wildman–Crippen LogP) is 3.95. The van der Waals surface area contributed by atoms with E-state index >= 15 is 0 Å². The summed E-state index contributed by atoms with van der Waals surface area (Å²) in [6.45, 7) is 19.6. The number of halogens is 1. The van der Waals surface area contributed by atoms with Crippen molar-refractivity contribution >= 4 is 29.0 Å². The summed E-state index contributed by atoms with van der Waals surface area (Å²) in [6.07, 6.45) is -0.160. The fourth-order valence-electron chi connectivity index (χ4n) is 6.45. The third kappa shape index (κ3) is 4.11. The maximum atomic E-state index is 13.1. The number of aromatic nitrogens is 2. The number of benzene rings is 1. The van der Waals surface area contributed by atoms with Gasteiger partial charge in [0.1, 0.15) is 11.9 Å². The van der Waals surface area contributed by atoms with Crippen LogP contribution in [0.15, 0.2) is 30.3 Å². The Morgan fingerprint density at radius 2 is 1.83 bits per heavy atom. The van der Waals surface area contributed by atoms with Crippen LogP contribution in [-0.4, -0.2) is 54.4 Å². The van der Waals surface area contributed by atoms with Gasteiger partial charge in [-0.25, -0.2) is 4.85 Å². The summed E-state index contributed by atoms with van der Waals surface area (Å²) in [4.78, 5) is 18.7. The van der Waals surface area contributed by atoms with Crippen LogP contribution in [0.5, 0.6) is 5.75 Å². The Labute approximate surface area is 211 Å². The van der Waals surface area contributed by atoms with Crippen LogP contribution in [0, 0.1) is 29.2 Å². The molecule has 3 fully saturated rings. The molecule has 2 N–H and O–H groups in total. The molecule has 1 aliphatic carbocycles. The number of nitrogens with zero attached hydrogens (tertiary/aromatic N) is 4. The normalized spacial score (nSPS) is 28.1. The molecule has 0 bridgehead atoms. The number of amides is 1. The molecule has 3 aliphatic rings. The van der Waals surface area contributed by atoms with Crippen LogP contribution in [0.25, 0.3) is 4.85 Å². The molecule has 35 heavy (non-hydrogen) atoms. The largest absolute Gasteiger partial charge is 0.489 e. The fraction of sp³-hybridized carbons (Fsp3) is 0.538. The number of hydrogen-bond donors (Lipinski definition) is 2. The minimum Gasteiger partial charge on any atom is -0.489 e. The maximum Gasteiger partial charge on any atom is 0.272 e. The van der Waals surface area contributed by atoms with Crippen molar-refractivity contribution in [2.45, 2.75) is 39.8 Å². The van der Waals surface area contributed by atoms with Gasteiger partial charge in [-0.2, -0.15) is 0 Å². The number of rotatable bonds is 5. The van der Waals surface area contributed by atoms with Gasteiger partial charge >= 0.3 is 0 Å². The summed E-state index contributed by atoms with van der Waals surface area (Å²) >= 11 is 6.19. The lowest BCUT2D eigenvalue weighted by molar-refractivity contribution is -0.164. The molecule has 0 spiro atoms. The second-order valence-electron chi connectivity index (χ2n) is 11.1. The van der Waals surface area contributed by atoms with E-state index < -0.39 is 0 Å². The van der Waals surface area contributed by atoms with E-state index in [1.165, 1.54) is 0 Å². The highest BCUT2D eigenvalue weighted by molar-refractivity contribution is 6.33. The van der Waals surface area contributed by atoms with Crippen molar-refractivity contribution in [3.05, 3.63) is 52.5 Å². The zero-order chi connectivity index (χ0) is 25.0. The van der Waals surface area contributed by atoms with E-state index in [2.05, 4.69) is 58.3 Å². The Kier molecular flexibility index (Phi) is 5.89. The van der Waals surface area contributed by atoms with Gasteiger partial charge in [-0.3, -0.25) is 4.79 Å². The minimum atomic E-state index is -0.334. The minimum absolute atomic E-state index is 0.127. The quantitative estimate of drug-likeness (QED) is 0.612. The van der Waals surface area contributed by atoms with Gasteiger partial charge < -0.3 is 20.3 Å². The first-order valence-electron chi connectivity index (χ1n) is 12.0. The molecule has 2 unspecified atom stereocenters. The van der Waals surface area contributed by atoms with Crippen LogP contribution in [0.1, 0.15) is 38.2 Å². The van der Waals surface area contributed by atoms with Gasteiger partial charge in [0.15, 0.2) is 11.5 Å². The molecule has 1 amide bonds. The van der Waals surface area contributed by atoms with E-state index in [1.807, 2.05) is 6.07 Å². The molecule has 5 rings (SSSR count). The Morgan fingerprint density at radius 1 is 1.14 bits per heavy atom. The molecule has 0 radical (unpaired) electrons. The molecule has 8 nitrogen and oxygen atoms in total.